The molecule has 0 aliphatic heterocycles. The Bertz CT molecular complexity index is 1410. The molecule has 0 aliphatic carbocycles. The zero-order chi connectivity index (χ0) is 24.8. The molecule has 0 saturated carbocycles. The fourth-order valence-corrected chi connectivity index (χ4v) is 4.08. The molecule has 0 unspecified atom stereocenters. The minimum Gasteiger partial charge on any atom is -0.493 e. The smallest absolute Gasteiger partial charge is 0.282 e. The summed E-state index contributed by atoms with van der Waals surface area (Å²) in [4.78, 5) is 18.1. The molecule has 0 aliphatic rings. The second kappa shape index (κ2) is 11.3. The van der Waals surface area contributed by atoms with Crippen LogP contribution in [0.3, 0.4) is 0 Å². The highest BCUT2D eigenvalue weighted by Crippen LogP contribution is 2.31. The molecule has 0 spiro atoms. The predicted molar refractivity (Wildman–Crippen MR) is 144 cm³/mol. The van der Waals surface area contributed by atoms with E-state index in [9.17, 15) is 4.79 Å². The summed E-state index contributed by atoms with van der Waals surface area (Å²) in [6.45, 7) is 4.54. The zero-order valence-electron chi connectivity index (χ0n) is 20.1. The van der Waals surface area contributed by atoms with Crippen LogP contribution in [0, 0.1) is 6.92 Å². The molecule has 4 rings (SSSR count). The summed E-state index contributed by atoms with van der Waals surface area (Å²) in [6, 6.07) is 19.3. The van der Waals surface area contributed by atoms with Crippen LogP contribution in [0.15, 0.2) is 75.0 Å². The van der Waals surface area contributed by atoms with Crippen molar-refractivity contribution in [1.82, 2.24) is 9.66 Å². The monoisotopic (exact) mass is 533 g/mol. The average molecular weight is 534 g/mol. The van der Waals surface area contributed by atoms with Crippen molar-refractivity contribution in [2.75, 3.05) is 7.11 Å². The number of hydrogen-bond acceptors (Lipinski definition) is 5. The second-order valence-electron chi connectivity index (χ2n) is 8.31. The lowest BCUT2D eigenvalue weighted by Gasteiger charge is -2.14. The fraction of sp³-hybridized carbons (Fsp3) is 0.250. The van der Waals surface area contributed by atoms with Crippen LogP contribution in [0.25, 0.3) is 10.9 Å². The zero-order valence-corrected chi connectivity index (χ0v) is 21.7. The normalized spacial score (nSPS) is 11.3. The van der Waals surface area contributed by atoms with Crippen molar-refractivity contribution in [3.8, 4) is 11.5 Å². The van der Waals surface area contributed by atoms with Crippen LogP contribution in [0.1, 0.15) is 42.3 Å². The van der Waals surface area contributed by atoms with Crippen LogP contribution in [-0.2, 0) is 13.0 Å². The molecule has 35 heavy (non-hydrogen) atoms. The van der Waals surface area contributed by atoms with Gasteiger partial charge in [0, 0.05) is 16.5 Å². The number of ether oxygens (including phenoxy) is 2. The van der Waals surface area contributed by atoms with Gasteiger partial charge in [0.25, 0.3) is 5.56 Å². The van der Waals surface area contributed by atoms with Crippen molar-refractivity contribution < 1.29 is 9.47 Å². The van der Waals surface area contributed by atoms with E-state index in [2.05, 4.69) is 47.0 Å². The van der Waals surface area contributed by atoms with E-state index in [0.29, 0.717) is 46.8 Å². The van der Waals surface area contributed by atoms with Crippen molar-refractivity contribution in [3.63, 3.8) is 0 Å². The molecular weight excluding hydrogens is 506 g/mol. The summed E-state index contributed by atoms with van der Waals surface area (Å²) in [6.07, 6.45) is 4.19. The molecule has 0 fully saturated rings. The molecule has 3 aromatic carbocycles. The van der Waals surface area contributed by atoms with Gasteiger partial charge in [0.1, 0.15) is 12.4 Å². The first-order valence-corrected chi connectivity index (χ1v) is 12.4. The van der Waals surface area contributed by atoms with Crippen LogP contribution in [0.5, 0.6) is 11.5 Å². The number of aryl methyl sites for hydroxylation is 2. The maximum Gasteiger partial charge on any atom is 0.282 e. The van der Waals surface area contributed by atoms with Gasteiger partial charge in [0.05, 0.1) is 24.2 Å². The first-order chi connectivity index (χ1) is 17.0. The standard InChI is InChI=1S/C28H28BrN3O3/c1-4-5-9-26-31-24-15-14-22(29)16-23(24)28(33)32(26)30-17-21-7-6-8-25(34-3)27(21)35-18-20-12-10-19(2)11-13-20/h6-8,10-17H,4-5,9,18H2,1-3H3. The molecule has 0 N–H and O–H groups in total. The average Bonchev–Trinajstić information content (AvgIpc) is 2.87. The highest BCUT2D eigenvalue weighted by atomic mass is 79.9. The van der Waals surface area contributed by atoms with Gasteiger partial charge in [-0.25, -0.2) is 4.98 Å². The SMILES string of the molecule is CCCCc1nc2ccc(Br)cc2c(=O)n1N=Cc1cccc(OC)c1OCc1ccc(C)cc1. The number of halogens is 1. The molecule has 0 radical (unpaired) electrons. The largest absolute Gasteiger partial charge is 0.493 e. The van der Waals surface area contributed by atoms with E-state index in [0.717, 1.165) is 22.9 Å². The number of benzene rings is 3. The highest BCUT2D eigenvalue weighted by Gasteiger charge is 2.13. The number of fused-ring (bicyclic) bond motifs is 1. The lowest BCUT2D eigenvalue weighted by molar-refractivity contribution is 0.284. The molecule has 0 bridgehead atoms. The lowest BCUT2D eigenvalue weighted by Crippen LogP contribution is -2.22. The van der Waals surface area contributed by atoms with E-state index in [-0.39, 0.29) is 5.56 Å². The third-order valence-corrected chi connectivity index (χ3v) is 6.17. The minimum absolute atomic E-state index is 0.205. The van der Waals surface area contributed by atoms with Gasteiger partial charge in [0.2, 0.25) is 0 Å². The van der Waals surface area contributed by atoms with Crippen LogP contribution < -0.4 is 15.0 Å². The van der Waals surface area contributed by atoms with Crippen LogP contribution in [0.4, 0.5) is 0 Å². The molecule has 0 atom stereocenters. The van der Waals surface area contributed by atoms with Crippen molar-refractivity contribution in [2.45, 2.75) is 39.7 Å². The summed E-state index contributed by atoms with van der Waals surface area (Å²) >= 11 is 3.45. The maximum absolute atomic E-state index is 13.4. The predicted octanol–water partition coefficient (Wildman–Crippen LogP) is 6.28. The van der Waals surface area contributed by atoms with Gasteiger partial charge < -0.3 is 9.47 Å². The molecule has 7 heteroatoms. The molecule has 6 nitrogen and oxygen atoms in total. The Morgan fingerprint density at radius 3 is 2.66 bits per heavy atom. The molecule has 1 aromatic heterocycles. The van der Waals surface area contributed by atoms with E-state index in [1.165, 1.54) is 10.2 Å². The Balaban J connectivity index is 1.73. The van der Waals surface area contributed by atoms with Crippen molar-refractivity contribution in [2.24, 2.45) is 5.10 Å². The molecule has 4 aromatic rings. The molecule has 1 heterocycles. The number of aromatic nitrogens is 2. The molecule has 0 saturated heterocycles. The van der Waals surface area contributed by atoms with Crippen molar-refractivity contribution in [1.29, 1.82) is 0 Å². The Morgan fingerprint density at radius 2 is 1.91 bits per heavy atom. The molecule has 0 amide bonds. The first-order valence-electron chi connectivity index (χ1n) is 11.6. The van der Waals surface area contributed by atoms with Crippen LogP contribution in [-0.4, -0.2) is 23.0 Å². The van der Waals surface area contributed by atoms with E-state index < -0.39 is 0 Å². The second-order valence-corrected chi connectivity index (χ2v) is 9.22. The number of unbranched alkanes of at least 4 members (excludes halogenated alkanes) is 1. The van der Waals surface area contributed by atoms with Gasteiger partial charge in [-0.2, -0.15) is 9.78 Å². The number of methoxy groups -OCH3 is 1. The Labute approximate surface area is 213 Å². The fourth-order valence-electron chi connectivity index (χ4n) is 3.72. The summed E-state index contributed by atoms with van der Waals surface area (Å²) < 4.78 is 13.9. The Kier molecular flexibility index (Phi) is 7.98. The van der Waals surface area contributed by atoms with Gasteiger partial charge >= 0.3 is 0 Å². The van der Waals surface area contributed by atoms with Gasteiger partial charge in [0.15, 0.2) is 11.5 Å². The lowest BCUT2D eigenvalue weighted by atomic mass is 10.1. The van der Waals surface area contributed by atoms with Gasteiger partial charge in [-0.3, -0.25) is 4.79 Å². The van der Waals surface area contributed by atoms with Gasteiger partial charge in [-0.15, -0.1) is 0 Å². The quantitative estimate of drug-likeness (QED) is 0.237. The third-order valence-electron chi connectivity index (χ3n) is 5.67. The van der Waals surface area contributed by atoms with Crippen LogP contribution >= 0.6 is 15.9 Å². The van der Waals surface area contributed by atoms with E-state index in [1.54, 1.807) is 19.4 Å². The minimum atomic E-state index is -0.205. The van der Waals surface area contributed by atoms with Gasteiger partial charge in [-0.1, -0.05) is 65.2 Å². The number of nitrogens with zero attached hydrogens (tertiary/aromatic N) is 3. The van der Waals surface area contributed by atoms with Crippen LogP contribution in [0.2, 0.25) is 0 Å². The number of para-hydroxylation sites is 1. The number of rotatable bonds is 9. The third kappa shape index (κ3) is 5.80. The first kappa shape index (κ1) is 24.7. The van der Waals surface area contributed by atoms with E-state index >= 15 is 0 Å². The van der Waals surface area contributed by atoms with Crippen molar-refractivity contribution in [3.05, 3.63) is 98.0 Å². The summed E-state index contributed by atoms with van der Waals surface area (Å²) in [7, 11) is 1.60. The Hall–Kier alpha value is -3.45. The molecular formula is C28H28BrN3O3. The summed E-state index contributed by atoms with van der Waals surface area (Å²) in [5.41, 5.74) is 3.41. The van der Waals surface area contributed by atoms with E-state index in [1.807, 2.05) is 42.5 Å². The summed E-state index contributed by atoms with van der Waals surface area (Å²) in [5, 5.41) is 5.09. The molecule has 180 valence electrons. The number of hydrogen-bond donors (Lipinski definition) is 0. The highest BCUT2D eigenvalue weighted by molar-refractivity contribution is 9.10. The summed E-state index contributed by atoms with van der Waals surface area (Å²) in [5.74, 6) is 1.80. The Morgan fingerprint density at radius 1 is 1.11 bits per heavy atom. The van der Waals surface area contributed by atoms with Gasteiger partial charge in [-0.05, 0) is 49.2 Å². The van der Waals surface area contributed by atoms with Crippen molar-refractivity contribution >= 4 is 33.0 Å². The maximum atomic E-state index is 13.4. The van der Waals surface area contributed by atoms with E-state index in [4.69, 9.17) is 14.5 Å². The topological polar surface area (TPSA) is 65.7 Å².